The first kappa shape index (κ1) is 15.2. The molecule has 0 bridgehead atoms. The molecule has 0 aliphatic heterocycles. The van der Waals surface area contributed by atoms with Crippen LogP contribution in [0.15, 0.2) is 24.3 Å². The number of ether oxygens (including phenoxy) is 1. The van der Waals surface area contributed by atoms with Crippen molar-refractivity contribution in [3.8, 4) is 0 Å². The van der Waals surface area contributed by atoms with Crippen LogP contribution in [0.4, 0.5) is 0 Å². The molecule has 0 aromatic heterocycles. The van der Waals surface area contributed by atoms with E-state index in [1.165, 1.54) is 30.4 Å². The number of rotatable bonds is 8. The molecule has 0 saturated heterocycles. The van der Waals surface area contributed by atoms with Crippen molar-refractivity contribution in [2.75, 3.05) is 6.61 Å². The second-order valence-corrected chi connectivity index (χ2v) is 5.13. The SMILES string of the molecule is CCCCCCOC(c1cccc(C)c1)C(C)N. The first-order valence-electron chi connectivity index (χ1n) is 7.09. The van der Waals surface area contributed by atoms with Crippen LogP contribution in [0.3, 0.4) is 0 Å². The second kappa shape index (κ2) is 8.28. The molecule has 2 N–H and O–H groups in total. The van der Waals surface area contributed by atoms with Crippen molar-refractivity contribution in [1.29, 1.82) is 0 Å². The Bertz CT molecular complexity index is 336. The van der Waals surface area contributed by atoms with E-state index in [4.69, 9.17) is 10.5 Å². The molecule has 2 heteroatoms. The highest BCUT2D eigenvalue weighted by Crippen LogP contribution is 2.21. The molecule has 102 valence electrons. The van der Waals surface area contributed by atoms with E-state index in [0.717, 1.165) is 13.0 Å². The molecule has 0 saturated carbocycles. The second-order valence-electron chi connectivity index (χ2n) is 5.13. The average Bonchev–Trinajstić information content (AvgIpc) is 2.33. The van der Waals surface area contributed by atoms with Gasteiger partial charge in [-0.2, -0.15) is 0 Å². The van der Waals surface area contributed by atoms with Crippen LogP contribution in [0.1, 0.15) is 56.8 Å². The Morgan fingerprint density at radius 2 is 2.00 bits per heavy atom. The van der Waals surface area contributed by atoms with Gasteiger partial charge < -0.3 is 10.5 Å². The fourth-order valence-corrected chi connectivity index (χ4v) is 2.14. The number of unbranched alkanes of at least 4 members (excludes halogenated alkanes) is 3. The Kier molecular flexibility index (Phi) is 6.99. The smallest absolute Gasteiger partial charge is 0.0973 e. The van der Waals surface area contributed by atoms with Crippen molar-refractivity contribution in [3.63, 3.8) is 0 Å². The maximum Gasteiger partial charge on any atom is 0.0973 e. The number of nitrogens with two attached hydrogens (primary N) is 1. The predicted molar refractivity (Wildman–Crippen MR) is 77.7 cm³/mol. The van der Waals surface area contributed by atoms with E-state index in [2.05, 4.69) is 38.1 Å². The summed E-state index contributed by atoms with van der Waals surface area (Å²) in [5.74, 6) is 0. The summed E-state index contributed by atoms with van der Waals surface area (Å²) in [5.41, 5.74) is 8.49. The largest absolute Gasteiger partial charge is 0.372 e. The first-order chi connectivity index (χ1) is 8.65. The zero-order valence-electron chi connectivity index (χ0n) is 12.0. The van der Waals surface area contributed by atoms with Crippen molar-refractivity contribution < 1.29 is 4.74 Å². The Morgan fingerprint density at radius 1 is 1.22 bits per heavy atom. The van der Waals surface area contributed by atoms with Crippen LogP contribution in [0.5, 0.6) is 0 Å². The van der Waals surface area contributed by atoms with E-state index < -0.39 is 0 Å². The van der Waals surface area contributed by atoms with Crippen LogP contribution in [0.2, 0.25) is 0 Å². The Morgan fingerprint density at radius 3 is 2.61 bits per heavy atom. The van der Waals surface area contributed by atoms with E-state index in [9.17, 15) is 0 Å². The molecule has 18 heavy (non-hydrogen) atoms. The topological polar surface area (TPSA) is 35.2 Å². The van der Waals surface area contributed by atoms with E-state index in [0.29, 0.717) is 0 Å². The van der Waals surface area contributed by atoms with Gasteiger partial charge in [0, 0.05) is 12.6 Å². The molecule has 1 aromatic carbocycles. The number of hydrogen-bond donors (Lipinski definition) is 1. The van der Waals surface area contributed by atoms with Crippen molar-refractivity contribution in [2.24, 2.45) is 5.73 Å². The van der Waals surface area contributed by atoms with Crippen molar-refractivity contribution >= 4 is 0 Å². The third kappa shape index (κ3) is 5.19. The van der Waals surface area contributed by atoms with Crippen LogP contribution in [0, 0.1) is 6.92 Å². The molecular formula is C16H27NO. The molecule has 0 fully saturated rings. The summed E-state index contributed by atoms with van der Waals surface area (Å²) >= 11 is 0. The summed E-state index contributed by atoms with van der Waals surface area (Å²) in [4.78, 5) is 0. The van der Waals surface area contributed by atoms with E-state index in [1.807, 2.05) is 6.92 Å². The van der Waals surface area contributed by atoms with Gasteiger partial charge in [-0.05, 0) is 25.8 Å². The fourth-order valence-electron chi connectivity index (χ4n) is 2.14. The molecule has 0 spiro atoms. The summed E-state index contributed by atoms with van der Waals surface area (Å²) in [6.07, 6.45) is 4.94. The van der Waals surface area contributed by atoms with Gasteiger partial charge in [0.25, 0.3) is 0 Å². The number of aryl methyl sites for hydroxylation is 1. The lowest BCUT2D eigenvalue weighted by Gasteiger charge is -2.22. The lowest BCUT2D eigenvalue weighted by atomic mass is 10.0. The van der Waals surface area contributed by atoms with Gasteiger partial charge in [-0.3, -0.25) is 0 Å². The lowest BCUT2D eigenvalue weighted by Crippen LogP contribution is -2.27. The minimum Gasteiger partial charge on any atom is -0.372 e. The highest BCUT2D eigenvalue weighted by molar-refractivity contribution is 5.25. The molecule has 0 aliphatic carbocycles. The van der Waals surface area contributed by atoms with Crippen LogP contribution in [-0.2, 0) is 4.74 Å². The zero-order chi connectivity index (χ0) is 13.4. The van der Waals surface area contributed by atoms with Crippen molar-refractivity contribution in [2.45, 2.75) is 58.6 Å². The van der Waals surface area contributed by atoms with Crippen LogP contribution < -0.4 is 5.73 Å². The van der Waals surface area contributed by atoms with Gasteiger partial charge in [0.1, 0.15) is 0 Å². The summed E-state index contributed by atoms with van der Waals surface area (Å²) in [7, 11) is 0. The summed E-state index contributed by atoms with van der Waals surface area (Å²) in [6, 6.07) is 8.47. The van der Waals surface area contributed by atoms with Gasteiger partial charge in [-0.1, -0.05) is 56.0 Å². The highest BCUT2D eigenvalue weighted by Gasteiger charge is 2.16. The van der Waals surface area contributed by atoms with Gasteiger partial charge in [-0.15, -0.1) is 0 Å². The van der Waals surface area contributed by atoms with Gasteiger partial charge in [-0.25, -0.2) is 0 Å². The molecule has 1 rings (SSSR count). The standard InChI is InChI=1S/C16H27NO/c1-4-5-6-7-11-18-16(14(3)17)15-10-8-9-13(2)12-15/h8-10,12,14,16H,4-7,11,17H2,1-3H3. The van der Waals surface area contributed by atoms with E-state index in [-0.39, 0.29) is 12.1 Å². The Hall–Kier alpha value is -0.860. The molecule has 2 nitrogen and oxygen atoms in total. The monoisotopic (exact) mass is 249 g/mol. The Balaban J connectivity index is 2.50. The van der Waals surface area contributed by atoms with Gasteiger partial charge in [0.2, 0.25) is 0 Å². The minimum absolute atomic E-state index is 0.0199. The molecule has 0 radical (unpaired) electrons. The highest BCUT2D eigenvalue weighted by atomic mass is 16.5. The molecular weight excluding hydrogens is 222 g/mol. The fraction of sp³-hybridized carbons (Fsp3) is 0.625. The third-order valence-corrected chi connectivity index (χ3v) is 3.14. The lowest BCUT2D eigenvalue weighted by molar-refractivity contribution is 0.0358. The molecule has 1 aromatic rings. The Labute approximate surface area is 112 Å². The normalized spacial score (nSPS) is 14.4. The molecule has 2 unspecified atom stereocenters. The van der Waals surface area contributed by atoms with Crippen molar-refractivity contribution in [3.05, 3.63) is 35.4 Å². The molecule has 2 atom stereocenters. The first-order valence-corrected chi connectivity index (χ1v) is 7.09. The molecule has 0 heterocycles. The number of hydrogen-bond acceptors (Lipinski definition) is 2. The van der Waals surface area contributed by atoms with E-state index in [1.54, 1.807) is 0 Å². The summed E-state index contributed by atoms with van der Waals surface area (Å²) < 4.78 is 5.97. The minimum atomic E-state index is 0.0199. The quantitative estimate of drug-likeness (QED) is 0.707. The number of benzene rings is 1. The average molecular weight is 249 g/mol. The maximum absolute atomic E-state index is 6.03. The molecule has 0 aliphatic rings. The summed E-state index contributed by atoms with van der Waals surface area (Å²) in [6.45, 7) is 7.14. The van der Waals surface area contributed by atoms with Gasteiger partial charge in [0.15, 0.2) is 0 Å². The third-order valence-electron chi connectivity index (χ3n) is 3.14. The summed E-state index contributed by atoms with van der Waals surface area (Å²) in [5, 5.41) is 0. The van der Waals surface area contributed by atoms with Gasteiger partial charge in [0.05, 0.1) is 6.10 Å². The zero-order valence-corrected chi connectivity index (χ0v) is 12.0. The van der Waals surface area contributed by atoms with E-state index >= 15 is 0 Å². The van der Waals surface area contributed by atoms with Crippen LogP contribution >= 0.6 is 0 Å². The molecule has 0 amide bonds. The maximum atomic E-state index is 6.03. The predicted octanol–water partition coefficient (Wildman–Crippen LogP) is 3.98. The van der Waals surface area contributed by atoms with Crippen molar-refractivity contribution in [1.82, 2.24) is 0 Å². The van der Waals surface area contributed by atoms with Gasteiger partial charge >= 0.3 is 0 Å². The van der Waals surface area contributed by atoms with Crippen LogP contribution in [0.25, 0.3) is 0 Å². The van der Waals surface area contributed by atoms with Crippen LogP contribution in [-0.4, -0.2) is 12.6 Å².